The zero-order valence-corrected chi connectivity index (χ0v) is 15.9. The van der Waals surface area contributed by atoms with Crippen LogP contribution in [0.2, 0.25) is 5.02 Å². The summed E-state index contributed by atoms with van der Waals surface area (Å²) in [6.07, 6.45) is 2.63. The van der Waals surface area contributed by atoms with E-state index in [1.807, 2.05) is 24.3 Å². The molecule has 0 unspecified atom stereocenters. The lowest BCUT2D eigenvalue weighted by Crippen LogP contribution is -2.49. The monoisotopic (exact) mass is 375 g/mol. The van der Waals surface area contributed by atoms with Crippen LogP contribution in [0.4, 0.5) is 0 Å². The van der Waals surface area contributed by atoms with E-state index in [1.54, 1.807) is 24.9 Å². The Morgan fingerprint density at radius 2 is 2.04 bits per heavy atom. The van der Waals surface area contributed by atoms with E-state index in [9.17, 15) is 9.59 Å². The summed E-state index contributed by atoms with van der Waals surface area (Å²) in [7, 11) is 3.08. The van der Waals surface area contributed by atoms with E-state index >= 15 is 0 Å². The fourth-order valence-corrected chi connectivity index (χ4v) is 3.74. The molecule has 2 aromatic rings. The van der Waals surface area contributed by atoms with Crippen molar-refractivity contribution in [2.75, 3.05) is 14.2 Å². The molecule has 1 aromatic carbocycles. The summed E-state index contributed by atoms with van der Waals surface area (Å²) in [5, 5.41) is 0.633. The summed E-state index contributed by atoms with van der Waals surface area (Å²) in [6.45, 7) is 2.00. The first-order valence-corrected chi connectivity index (χ1v) is 8.94. The molecule has 0 saturated heterocycles. The van der Waals surface area contributed by atoms with E-state index < -0.39 is 11.4 Å². The molecule has 0 spiro atoms. The molecule has 1 amide bonds. The van der Waals surface area contributed by atoms with Crippen LogP contribution in [0.5, 0.6) is 0 Å². The lowest BCUT2D eigenvalue weighted by Gasteiger charge is -2.43. The first-order chi connectivity index (χ1) is 12.4. The second kappa shape index (κ2) is 7.16. The van der Waals surface area contributed by atoms with Crippen molar-refractivity contribution in [3.8, 4) is 0 Å². The molecule has 26 heavy (non-hydrogen) atoms. The van der Waals surface area contributed by atoms with Gasteiger partial charge in [-0.15, -0.1) is 0 Å². The van der Waals surface area contributed by atoms with Gasteiger partial charge in [0.25, 0.3) is 0 Å². The number of carbonyl (C=O) groups is 2. The van der Waals surface area contributed by atoms with Crippen molar-refractivity contribution in [3.05, 3.63) is 58.0 Å². The number of likely N-dealkylation sites (N-methyl/N-ethyl adjacent to an activating group) is 1. The fourth-order valence-electron chi connectivity index (χ4n) is 3.55. The maximum Gasteiger partial charge on any atom is 0.341 e. The van der Waals surface area contributed by atoms with Crippen molar-refractivity contribution in [2.45, 2.75) is 38.1 Å². The molecule has 0 bridgehead atoms. The van der Waals surface area contributed by atoms with Crippen LogP contribution in [0.15, 0.2) is 34.7 Å². The highest BCUT2D eigenvalue weighted by Crippen LogP contribution is 2.45. The number of carbonyl (C=O) groups excluding carboxylic acids is 2. The molecule has 138 valence electrons. The Kier molecular flexibility index (Phi) is 5.10. The molecule has 1 saturated carbocycles. The number of nitrogens with zero attached hydrogens (tertiary/aromatic N) is 1. The maximum atomic E-state index is 13.2. The number of aryl methyl sites for hydroxylation is 1. The van der Waals surface area contributed by atoms with Crippen molar-refractivity contribution in [1.82, 2.24) is 4.90 Å². The highest BCUT2D eigenvalue weighted by atomic mass is 35.5. The van der Waals surface area contributed by atoms with E-state index in [0.717, 1.165) is 24.8 Å². The summed E-state index contributed by atoms with van der Waals surface area (Å²) in [4.78, 5) is 26.6. The van der Waals surface area contributed by atoms with E-state index in [4.69, 9.17) is 20.8 Å². The molecule has 0 radical (unpaired) electrons. The van der Waals surface area contributed by atoms with Crippen LogP contribution >= 0.6 is 11.6 Å². The van der Waals surface area contributed by atoms with Gasteiger partial charge in [0.05, 0.1) is 19.1 Å². The zero-order valence-electron chi connectivity index (χ0n) is 15.2. The number of amides is 1. The van der Waals surface area contributed by atoms with E-state index in [1.165, 1.54) is 7.11 Å². The van der Waals surface area contributed by atoms with E-state index in [-0.39, 0.29) is 5.91 Å². The first-order valence-electron chi connectivity index (χ1n) is 8.56. The van der Waals surface area contributed by atoms with Gasteiger partial charge in [-0.2, -0.15) is 0 Å². The van der Waals surface area contributed by atoms with Gasteiger partial charge in [-0.05, 0) is 43.5 Å². The van der Waals surface area contributed by atoms with Crippen molar-refractivity contribution >= 4 is 23.5 Å². The predicted molar refractivity (Wildman–Crippen MR) is 98.2 cm³/mol. The first kappa shape index (κ1) is 18.5. The summed E-state index contributed by atoms with van der Waals surface area (Å²) < 4.78 is 10.4. The lowest BCUT2D eigenvalue weighted by atomic mass is 9.63. The van der Waals surface area contributed by atoms with Gasteiger partial charge in [0, 0.05) is 12.1 Å². The predicted octanol–water partition coefficient (Wildman–Crippen LogP) is 4.11. The van der Waals surface area contributed by atoms with Gasteiger partial charge in [-0.25, -0.2) is 4.79 Å². The molecule has 6 heteroatoms. The minimum Gasteiger partial charge on any atom is -0.465 e. The molecule has 1 fully saturated rings. The standard InChI is InChI=1S/C20H22ClNO4/c1-13-17(18(23)25-3)11-16(26-13)12-22(2)19(24)20(8-5-9-20)14-6-4-7-15(21)10-14/h4,6-7,10-11H,5,8-9,12H2,1-3H3. The van der Waals surface area contributed by atoms with Crippen LogP contribution in [-0.4, -0.2) is 30.9 Å². The molecular formula is C20H22ClNO4. The van der Waals surface area contributed by atoms with Crippen LogP contribution in [0.3, 0.4) is 0 Å². The topological polar surface area (TPSA) is 59.8 Å². The Bertz CT molecular complexity index is 838. The number of benzene rings is 1. The lowest BCUT2D eigenvalue weighted by molar-refractivity contribution is -0.140. The molecule has 1 aliphatic rings. The van der Waals surface area contributed by atoms with Crippen LogP contribution in [0, 0.1) is 6.92 Å². The smallest absolute Gasteiger partial charge is 0.341 e. The van der Waals surface area contributed by atoms with Crippen molar-refractivity contribution in [2.24, 2.45) is 0 Å². The van der Waals surface area contributed by atoms with Gasteiger partial charge in [0.1, 0.15) is 17.1 Å². The quantitative estimate of drug-likeness (QED) is 0.738. The van der Waals surface area contributed by atoms with Gasteiger partial charge in [-0.1, -0.05) is 30.2 Å². The summed E-state index contributed by atoms with van der Waals surface area (Å²) in [5.74, 6) is 0.640. The molecule has 1 heterocycles. The van der Waals surface area contributed by atoms with Crippen molar-refractivity contribution in [3.63, 3.8) is 0 Å². The molecule has 1 aliphatic carbocycles. The Hall–Kier alpha value is -2.27. The Balaban J connectivity index is 1.80. The van der Waals surface area contributed by atoms with E-state index in [0.29, 0.717) is 28.7 Å². The molecular weight excluding hydrogens is 354 g/mol. The normalized spacial score (nSPS) is 15.2. The molecule has 0 aliphatic heterocycles. The van der Waals surface area contributed by atoms with Crippen LogP contribution < -0.4 is 0 Å². The Labute approximate surface area is 157 Å². The number of halogens is 1. The van der Waals surface area contributed by atoms with Gasteiger partial charge >= 0.3 is 5.97 Å². The third-order valence-electron chi connectivity index (χ3n) is 5.11. The number of methoxy groups -OCH3 is 1. The SMILES string of the molecule is COC(=O)c1cc(CN(C)C(=O)C2(c3cccc(Cl)c3)CCC2)oc1C. The number of ether oxygens (including phenoxy) is 1. The van der Waals surface area contributed by atoms with Gasteiger partial charge < -0.3 is 14.1 Å². The van der Waals surface area contributed by atoms with Crippen LogP contribution in [0.25, 0.3) is 0 Å². The fraction of sp³-hybridized carbons (Fsp3) is 0.400. The van der Waals surface area contributed by atoms with E-state index in [2.05, 4.69) is 0 Å². The summed E-state index contributed by atoms with van der Waals surface area (Å²) in [5.41, 5.74) is 0.822. The van der Waals surface area contributed by atoms with Gasteiger partial charge in [0.15, 0.2) is 0 Å². The van der Waals surface area contributed by atoms with Gasteiger partial charge in [0.2, 0.25) is 5.91 Å². The second-order valence-electron chi connectivity index (χ2n) is 6.78. The van der Waals surface area contributed by atoms with Gasteiger partial charge in [-0.3, -0.25) is 4.79 Å². The average molecular weight is 376 g/mol. The van der Waals surface area contributed by atoms with Crippen molar-refractivity contribution < 1.29 is 18.7 Å². The third kappa shape index (κ3) is 3.23. The number of esters is 1. The van der Waals surface area contributed by atoms with Crippen molar-refractivity contribution in [1.29, 1.82) is 0 Å². The number of hydrogen-bond acceptors (Lipinski definition) is 4. The zero-order chi connectivity index (χ0) is 18.9. The molecule has 1 aromatic heterocycles. The maximum absolute atomic E-state index is 13.2. The Morgan fingerprint density at radius 1 is 1.31 bits per heavy atom. The molecule has 5 nitrogen and oxygen atoms in total. The van der Waals surface area contributed by atoms with Crippen LogP contribution in [0.1, 0.15) is 46.7 Å². The highest BCUT2D eigenvalue weighted by molar-refractivity contribution is 6.30. The number of hydrogen-bond donors (Lipinski definition) is 0. The second-order valence-corrected chi connectivity index (χ2v) is 7.22. The highest BCUT2D eigenvalue weighted by Gasteiger charge is 2.47. The minimum absolute atomic E-state index is 0.0414. The average Bonchev–Trinajstić information content (AvgIpc) is 2.93. The third-order valence-corrected chi connectivity index (χ3v) is 5.34. The summed E-state index contributed by atoms with van der Waals surface area (Å²) >= 11 is 6.13. The molecule has 3 rings (SSSR count). The molecule has 0 N–H and O–H groups in total. The largest absolute Gasteiger partial charge is 0.465 e. The minimum atomic E-state index is -0.521. The summed E-state index contributed by atoms with van der Waals surface area (Å²) in [6, 6.07) is 9.16. The molecule has 0 atom stereocenters. The van der Waals surface area contributed by atoms with Crippen LogP contribution in [-0.2, 0) is 21.5 Å². The number of rotatable bonds is 5. The number of furan rings is 1. The Morgan fingerprint density at radius 3 is 2.62 bits per heavy atom.